The van der Waals surface area contributed by atoms with Crippen LogP contribution in [0.3, 0.4) is 0 Å². The highest BCUT2D eigenvalue weighted by Crippen LogP contribution is 2.39. The van der Waals surface area contributed by atoms with Gasteiger partial charge >= 0.3 is 6.18 Å². The van der Waals surface area contributed by atoms with Crippen molar-refractivity contribution < 1.29 is 22.4 Å². The molecular weight excluding hydrogens is 394 g/mol. The molecule has 1 aliphatic rings. The van der Waals surface area contributed by atoms with Gasteiger partial charge in [-0.1, -0.05) is 6.07 Å². The third kappa shape index (κ3) is 3.10. The first-order valence-electron chi connectivity index (χ1n) is 8.04. The minimum absolute atomic E-state index is 0.0848. The quantitative estimate of drug-likeness (QED) is 0.538. The second-order valence-electron chi connectivity index (χ2n) is 6.64. The van der Waals surface area contributed by atoms with Crippen LogP contribution in [0.5, 0.6) is 0 Å². The van der Waals surface area contributed by atoms with Gasteiger partial charge in [-0.3, -0.25) is 9.69 Å². The largest absolute Gasteiger partial charge is 0.417 e. The number of carbonyl (C=O) groups excluding carboxylic acids is 1. The fourth-order valence-corrected chi connectivity index (χ4v) is 3.60. The predicted molar refractivity (Wildman–Crippen MR) is 99.2 cm³/mol. The van der Waals surface area contributed by atoms with E-state index in [1.165, 1.54) is 35.2 Å². The van der Waals surface area contributed by atoms with E-state index in [1.807, 2.05) is 0 Å². The molecule has 1 saturated heterocycles. The second-order valence-corrected chi connectivity index (χ2v) is 7.00. The first-order valence-corrected chi connectivity index (χ1v) is 8.45. The summed E-state index contributed by atoms with van der Waals surface area (Å²) in [4.78, 5) is 15.3. The zero-order chi connectivity index (χ0) is 20.9. The molecule has 0 spiro atoms. The van der Waals surface area contributed by atoms with Crippen LogP contribution in [0.15, 0.2) is 42.5 Å². The summed E-state index contributed by atoms with van der Waals surface area (Å²) in [6, 6.07) is 9.83. The minimum atomic E-state index is -4.77. The van der Waals surface area contributed by atoms with Gasteiger partial charge < -0.3 is 4.90 Å². The fourth-order valence-electron chi connectivity index (χ4n) is 3.07. The fraction of sp³-hybridized carbons (Fsp3) is 0.211. The maximum Gasteiger partial charge on any atom is 0.417 e. The average Bonchev–Trinajstić information content (AvgIpc) is 2.78. The lowest BCUT2D eigenvalue weighted by atomic mass is 10.0. The number of thiocarbonyl (C=S) groups is 1. The van der Waals surface area contributed by atoms with Crippen molar-refractivity contribution >= 4 is 34.6 Å². The van der Waals surface area contributed by atoms with Crippen LogP contribution in [0.2, 0.25) is 0 Å². The van der Waals surface area contributed by atoms with E-state index in [0.29, 0.717) is 11.8 Å². The number of carbonyl (C=O) groups is 1. The Morgan fingerprint density at radius 2 is 1.79 bits per heavy atom. The van der Waals surface area contributed by atoms with E-state index < -0.39 is 34.6 Å². The zero-order valence-electron chi connectivity index (χ0n) is 14.7. The third-order valence-electron chi connectivity index (χ3n) is 4.42. The summed E-state index contributed by atoms with van der Waals surface area (Å²) >= 11 is 5.36. The van der Waals surface area contributed by atoms with Crippen molar-refractivity contribution in [3.05, 3.63) is 59.4 Å². The van der Waals surface area contributed by atoms with Crippen molar-refractivity contribution in [1.82, 2.24) is 0 Å². The van der Waals surface area contributed by atoms with Crippen LogP contribution in [0.4, 0.5) is 28.9 Å². The normalized spacial score (nSPS) is 16.5. The molecule has 0 radical (unpaired) electrons. The van der Waals surface area contributed by atoms with Gasteiger partial charge in [0.05, 0.1) is 22.9 Å². The number of halogens is 4. The first-order chi connectivity index (χ1) is 13.0. The van der Waals surface area contributed by atoms with E-state index in [2.05, 4.69) is 0 Å². The lowest BCUT2D eigenvalue weighted by Crippen LogP contribution is -2.44. The Kier molecular flexibility index (Phi) is 4.63. The number of rotatable bonds is 2. The summed E-state index contributed by atoms with van der Waals surface area (Å²) in [5.41, 5.74) is -2.79. The zero-order valence-corrected chi connectivity index (χ0v) is 15.5. The molecular formula is C19H13F4N3OS. The molecule has 9 heteroatoms. The van der Waals surface area contributed by atoms with Crippen LogP contribution < -0.4 is 9.80 Å². The van der Waals surface area contributed by atoms with Gasteiger partial charge in [-0.25, -0.2) is 4.39 Å². The number of nitrogens with zero attached hydrogens (tertiary/aromatic N) is 3. The van der Waals surface area contributed by atoms with Crippen molar-refractivity contribution in [3.63, 3.8) is 0 Å². The predicted octanol–water partition coefficient (Wildman–Crippen LogP) is 4.63. The second kappa shape index (κ2) is 6.56. The summed E-state index contributed by atoms with van der Waals surface area (Å²) < 4.78 is 53.5. The average molecular weight is 407 g/mol. The van der Waals surface area contributed by atoms with Gasteiger partial charge in [0.2, 0.25) is 0 Å². The Labute approximate surface area is 163 Å². The third-order valence-corrected chi connectivity index (χ3v) is 4.79. The Hall–Kier alpha value is -2.99. The van der Waals surface area contributed by atoms with E-state index in [0.717, 1.165) is 11.0 Å². The molecule has 144 valence electrons. The van der Waals surface area contributed by atoms with Gasteiger partial charge in [0.25, 0.3) is 5.91 Å². The number of hydrogen-bond donors (Lipinski definition) is 0. The van der Waals surface area contributed by atoms with Gasteiger partial charge in [-0.05, 0) is 62.5 Å². The molecule has 0 atom stereocenters. The van der Waals surface area contributed by atoms with Crippen LogP contribution in [0.1, 0.15) is 25.0 Å². The lowest BCUT2D eigenvalue weighted by Gasteiger charge is -2.29. The highest BCUT2D eigenvalue weighted by Gasteiger charge is 2.50. The first kappa shape index (κ1) is 19.8. The maximum atomic E-state index is 13.7. The molecule has 0 bridgehead atoms. The van der Waals surface area contributed by atoms with Crippen molar-refractivity contribution in [2.45, 2.75) is 25.6 Å². The molecule has 0 aliphatic carbocycles. The number of hydrogen-bond acceptors (Lipinski definition) is 3. The smallest absolute Gasteiger partial charge is 0.303 e. The molecule has 1 fully saturated rings. The molecule has 1 heterocycles. The van der Waals surface area contributed by atoms with Gasteiger partial charge in [0.15, 0.2) is 5.11 Å². The topological polar surface area (TPSA) is 47.3 Å². The van der Waals surface area contributed by atoms with Gasteiger partial charge in [-0.2, -0.15) is 18.4 Å². The monoisotopic (exact) mass is 407 g/mol. The van der Waals surface area contributed by atoms with Crippen LogP contribution >= 0.6 is 12.2 Å². The Balaban J connectivity index is 2.13. The molecule has 4 nitrogen and oxygen atoms in total. The molecule has 2 aromatic rings. The van der Waals surface area contributed by atoms with Crippen LogP contribution in [0, 0.1) is 17.1 Å². The van der Waals surface area contributed by atoms with Crippen LogP contribution in [-0.2, 0) is 11.0 Å². The molecule has 1 aliphatic heterocycles. The molecule has 1 amide bonds. The van der Waals surface area contributed by atoms with Crippen LogP contribution in [0.25, 0.3) is 0 Å². The van der Waals surface area contributed by atoms with E-state index in [4.69, 9.17) is 17.5 Å². The van der Waals surface area contributed by atoms with Crippen molar-refractivity contribution in [1.29, 1.82) is 5.26 Å². The summed E-state index contributed by atoms with van der Waals surface area (Å²) in [5, 5.41) is 8.86. The van der Waals surface area contributed by atoms with Gasteiger partial charge in [0.1, 0.15) is 11.4 Å². The lowest BCUT2D eigenvalue weighted by molar-refractivity contribution is -0.137. The highest BCUT2D eigenvalue weighted by atomic mass is 32.1. The Morgan fingerprint density at radius 3 is 2.36 bits per heavy atom. The summed E-state index contributed by atoms with van der Waals surface area (Å²) in [6.45, 7) is 3.09. The van der Waals surface area contributed by atoms with Crippen molar-refractivity contribution in [3.8, 4) is 6.07 Å². The molecule has 0 unspecified atom stereocenters. The molecule has 0 N–H and O–H groups in total. The summed E-state index contributed by atoms with van der Waals surface area (Å²) in [7, 11) is 0. The number of anilines is 2. The molecule has 28 heavy (non-hydrogen) atoms. The number of amides is 1. The Bertz CT molecular complexity index is 1030. The van der Waals surface area contributed by atoms with E-state index in [9.17, 15) is 22.4 Å². The number of benzene rings is 2. The van der Waals surface area contributed by atoms with E-state index in [-0.39, 0.29) is 10.8 Å². The molecule has 0 saturated carbocycles. The number of alkyl halides is 3. The summed E-state index contributed by atoms with van der Waals surface area (Å²) in [5.74, 6) is -1.11. The van der Waals surface area contributed by atoms with E-state index in [1.54, 1.807) is 19.9 Å². The van der Waals surface area contributed by atoms with Gasteiger partial charge in [0, 0.05) is 5.69 Å². The molecule has 2 aromatic carbocycles. The number of nitriles is 1. The van der Waals surface area contributed by atoms with Crippen LogP contribution in [-0.4, -0.2) is 16.6 Å². The minimum Gasteiger partial charge on any atom is -0.303 e. The van der Waals surface area contributed by atoms with Crippen molar-refractivity contribution in [2.24, 2.45) is 0 Å². The SMILES string of the molecule is CC1(C)C(=O)N(c2ccc(C#N)c(C(F)(F)F)c2)C(=S)N1c1cccc(F)c1. The van der Waals surface area contributed by atoms with Gasteiger partial charge in [-0.15, -0.1) is 0 Å². The molecule has 3 rings (SSSR count). The molecule has 0 aromatic heterocycles. The summed E-state index contributed by atoms with van der Waals surface area (Å²) in [6.07, 6.45) is -4.77. The van der Waals surface area contributed by atoms with Crippen molar-refractivity contribution in [2.75, 3.05) is 9.80 Å². The standard InChI is InChI=1S/C19H13F4N3OS/c1-18(2)16(27)25(17(28)26(18)14-5-3-4-12(20)8-14)13-7-6-11(10-24)15(9-13)19(21,22)23/h3-9H,1-2H3. The van der Waals surface area contributed by atoms with E-state index >= 15 is 0 Å². The highest BCUT2D eigenvalue weighted by molar-refractivity contribution is 7.81. The maximum absolute atomic E-state index is 13.7. The Morgan fingerprint density at radius 1 is 1.11 bits per heavy atom.